The first-order chi connectivity index (χ1) is 8.95. The summed E-state index contributed by atoms with van der Waals surface area (Å²) in [7, 11) is 0. The zero-order chi connectivity index (χ0) is 15.8. The topological polar surface area (TPSA) is 20.2 Å². The van der Waals surface area contributed by atoms with E-state index in [1.165, 1.54) is 12.1 Å². The lowest BCUT2D eigenvalue weighted by molar-refractivity contribution is -0.366. The minimum atomic E-state index is -6.28. The smallest absolute Gasteiger partial charge is 0.384 e. The van der Waals surface area contributed by atoms with Crippen LogP contribution in [0.2, 0.25) is 0 Å². The van der Waals surface area contributed by atoms with Gasteiger partial charge in [0.05, 0.1) is 0 Å². The summed E-state index contributed by atoms with van der Waals surface area (Å²) in [6.45, 7) is 1.72. The number of aliphatic hydroxyl groups is 1. The van der Waals surface area contributed by atoms with Crippen LogP contribution in [0.1, 0.15) is 24.2 Å². The van der Waals surface area contributed by atoms with Crippen LogP contribution in [0.5, 0.6) is 0 Å². The van der Waals surface area contributed by atoms with Gasteiger partial charge in [-0.15, -0.1) is 0 Å². The molecule has 20 heavy (non-hydrogen) atoms. The third-order valence-corrected chi connectivity index (χ3v) is 2.91. The van der Waals surface area contributed by atoms with E-state index in [4.69, 9.17) is 0 Å². The molecule has 1 rings (SSSR count). The predicted molar refractivity (Wildman–Crippen MR) is 56.7 cm³/mol. The van der Waals surface area contributed by atoms with Crippen LogP contribution in [0.4, 0.5) is 30.7 Å². The van der Waals surface area contributed by atoms with Crippen molar-refractivity contribution in [2.45, 2.75) is 37.5 Å². The molecule has 0 saturated heterocycles. The maximum absolute atomic E-state index is 13.6. The van der Waals surface area contributed by atoms with Crippen molar-refractivity contribution in [2.24, 2.45) is 0 Å². The van der Waals surface area contributed by atoms with Crippen LogP contribution in [0.25, 0.3) is 0 Å². The van der Waals surface area contributed by atoms with Crippen LogP contribution in [-0.4, -0.2) is 23.1 Å². The third-order valence-electron chi connectivity index (χ3n) is 2.91. The molecule has 1 atom stereocenters. The van der Waals surface area contributed by atoms with Gasteiger partial charge in [0.15, 0.2) is 0 Å². The van der Waals surface area contributed by atoms with Gasteiger partial charge < -0.3 is 5.11 Å². The van der Waals surface area contributed by atoms with Gasteiger partial charge >= 0.3 is 18.0 Å². The Morgan fingerprint density at radius 2 is 1.30 bits per heavy atom. The minimum absolute atomic E-state index is 0.496. The largest absolute Gasteiger partial charge is 0.434 e. The highest BCUT2D eigenvalue weighted by Gasteiger charge is 2.76. The number of hydrogen-bond acceptors (Lipinski definition) is 1. The standard InChI is InChI=1S/C12H11F7O/c1-2-7-3-5-8(6-4-7)9(20)10(13,11(14,15)16)12(17,18)19/h3-6,9,20H,2H2,1H3. The maximum Gasteiger partial charge on any atom is 0.434 e. The number of aryl methyl sites for hydroxylation is 1. The lowest BCUT2D eigenvalue weighted by atomic mass is 9.90. The lowest BCUT2D eigenvalue weighted by Crippen LogP contribution is -2.57. The fraction of sp³-hybridized carbons (Fsp3) is 0.500. The van der Waals surface area contributed by atoms with Gasteiger partial charge in [-0.25, -0.2) is 4.39 Å². The lowest BCUT2D eigenvalue weighted by Gasteiger charge is -2.34. The highest BCUT2D eigenvalue weighted by molar-refractivity contribution is 5.27. The van der Waals surface area contributed by atoms with Gasteiger partial charge in [-0.2, -0.15) is 26.3 Å². The molecular formula is C12H11F7O. The number of alkyl halides is 7. The Kier molecular flexibility index (Phi) is 4.38. The number of hydrogen-bond donors (Lipinski definition) is 1. The van der Waals surface area contributed by atoms with Gasteiger partial charge in [0, 0.05) is 0 Å². The second kappa shape index (κ2) is 5.23. The first-order valence-electron chi connectivity index (χ1n) is 5.54. The second-order valence-corrected chi connectivity index (χ2v) is 4.20. The molecule has 1 unspecified atom stereocenters. The first-order valence-corrected chi connectivity index (χ1v) is 5.54. The molecule has 0 aliphatic heterocycles. The molecule has 1 nitrogen and oxygen atoms in total. The van der Waals surface area contributed by atoms with Crippen molar-refractivity contribution in [2.75, 3.05) is 0 Å². The van der Waals surface area contributed by atoms with Crippen LogP contribution >= 0.6 is 0 Å². The highest BCUT2D eigenvalue weighted by atomic mass is 19.4. The molecule has 8 heteroatoms. The normalized spacial score (nSPS) is 15.2. The van der Waals surface area contributed by atoms with E-state index in [0.29, 0.717) is 12.0 Å². The average molecular weight is 304 g/mol. The molecule has 1 aromatic rings. The Morgan fingerprint density at radius 3 is 1.60 bits per heavy atom. The van der Waals surface area contributed by atoms with Crippen molar-refractivity contribution in [1.29, 1.82) is 0 Å². The van der Waals surface area contributed by atoms with E-state index in [0.717, 1.165) is 12.1 Å². The van der Waals surface area contributed by atoms with Gasteiger partial charge in [0.1, 0.15) is 6.10 Å². The third kappa shape index (κ3) is 2.74. The predicted octanol–water partition coefficient (Wildman–Crippen LogP) is 4.12. The molecule has 0 aliphatic rings. The number of aliphatic hydroxyl groups excluding tert-OH is 1. The Labute approximate surface area is 110 Å². The molecule has 0 aromatic heterocycles. The van der Waals surface area contributed by atoms with E-state index in [2.05, 4.69) is 0 Å². The average Bonchev–Trinajstić information content (AvgIpc) is 2.34. The van der Waals surface area contributed by atoms with Crippen molar-refractivity contribution in [3.8, 4) is 0 Å². The van der Waals surface area contributed by atoms with E-state index in [9.17, 15) is 35.8 Å². The molecular weight excluding hydrogens is 293 g/mol. The minimum Gasteiger partial charge on any atom is -0.384 e. The highest BCUT2D eigenvalue weighted by Crippen LogP contribution is 2.52. The zero-order valence-corrected chi connectivity index (χ0v) is 10.2. The Bertz CT molecular complexity index is 432. The quantitative estimate of drug-likeness (QED) is 0.833. The van der Waals surface area contributed by atoms with Crippen molar-refractivity contribution < 1.29 is 35.8 Å². The Balaban J connectivity index is 3.27. The maximum atomic E-state index is 13.6. The van der Waals surface area contributed by atoms with E-state index in [-0.39, 0.29) is 0 Å². The van der Waals surface area contributed by atoms with E-state index in [1.54, 1.807) is 6.92 Å². The van der Waals surface area contributed by atoms with Crippen LogP contribution < -0.4 is 0 Å². The van der Waals surface area contributed by atoms with Crippen molar-refractivity contribution in [3.05, 3.63) is 35.4 Å². The summed E-state index contributed by atoms with van der Waals surface area (Å²) < 4.78 is 88.1. The van der Waals surface area contributed by atoms with Gasteiger partial charge in [0.25, 0.3) is 0 Å². The molecule has 114 valence electrons. The summed E-state index contributed by atoms with van der Waals surface area (Å²) in [4.78, 5) is 0. The van der Waals surface area contributed by atoms with Gasteiger partial charge in [0.2, 0.25) is 0 Å². The summed E-state index contributed by atoms with van der Waals surface area (Å²) in [5.74, 6) is 0. The molecule has 0 heterocycles. The summed E-state index contributed by atoms with van der Waals surface area (Å²) in [6, 6.07) is 4.14. The van der Waals surface area contributed by atoms with E-state index < -0.39 is 29.7 Å². The number of rotatable bonds is 3. The Morgan fingerprint density at radius 1 is 0.900 bits per heavy atom. The van der Waals surface area contributed by atoms with Crippen LogP contribution in [0, 0.1) is 0 Å². The van der Waals surface area contributed by atoms with Crippen LogP contribution in [0.15, 0.2) is 24.3 Å². The van der Waals surface area contributed by atoms with E-state index in [1.807, 2.05) is 0 Å². The molecule has 0 aliphatic carbocycles. The van der Waals surface area contributed by atoms with Crippen molar-refractivity contribution >= 4 is 0 Å². The fourth-order valence-corrected chi connectivity index (χ4v) is 1.64. The van der Waals surface area contributed by atoms with Gasteiger partial charge in [-0.1, -0.05) is 31.2 Å². The van der Waals surface area contributed by atoms with Crippen LogP contribution in [-0.2, 0) is 6.42 Å². The number of halogens is 7. The SMILES string of the molecule is CCc1ccc(C(O)C(F)(C(F)(F)F)C(F)(F)F)cc1. The van der Waals surface area contributed by atoms with Crippen molar-refractivity contribution in [3.63, 3.8) is 0 Å². The number of benzene rings is 1. The summed E-state index contributed by atoms with van der Waals surface area (Å²) in [5, 5.41) is 9.26. The van der Waals surface area contributed by atoms with Crippen LogP contribution in [0.3, 0.4) is 0 Å². The Hall–Kier alpha value is -1.31. The molecule has 0 fully saturated rings. The molecule has 1 aromatic carbocycles. The molecule has 0 amide bonds. The summed E-state index contributed by atoms with van der Waals surface area (Å²) in [6.07, 6.45) is -15.5. The first kappa shape index (κ1) is 16.7. The molecule has 0 bridgehead atoms. The summed E-state index contributed by atoms with van der Waals surface area (Å²) in [5.41, 5.74) is -5.88. The molecule has 0 saturated carbocycles. The summed E-state index contributed by atoms with van der Waals surface area (Å²) >= 11 is 0. The zero-order valence-electron chi connectivity index (χ0n) is 10.2. The van der Waals surface area contributed by atoms with Gasteiger partial charge in [-0.05, 0) is 17.5 Å². The van der Waals surface area contributed by atoms with Crippen molar-refractivity contribution in [1.82, 2.24) is 0 Å². The molecule has 0 spiro atoms. The molecule has 0 radical (unpaired) electrons. The fourth-order valence-electron chi connectivity index (χ4n) is 1.64. The van der Waals surface area contributed by atoms with E-state index >= 15 is 0 Å². The second-order valence-electron chi connectivity index (χ2n) is 4.20. The monoisotopic (exact) mass is 304 g/mol. The molecule has 1 N–H and O–H groups in total. The van der Waals surface area contributed by atoms with Gasteiger partial charge in [-0.3, -0.25) is 0 Å².